The first kappa shape index (κ1) is 9.68. The Labute approximate surface area is 65.2 Å². The molecule has 0 saturated heterocycles. The molecule has 4 heteroatoms. The number of ether oxygens (including phenoxy) is 1. The third-order valence-corrected chi connectivity index (χ3v) is 0.904. The van der Waals surface area contributed by atoms with Gasteiger partial charge in [-0.1, -0.05) is 0 Å². The van der Waals surface area contributed by atoms with Gasteiger partial charge in [-0.3, -0.25) is 10.1 Å². The zero-order chi connectivity index (χ0) is 8.85. The third-order valence-electron chi connectivity index (χ3n) is 0.904. The molecule has 0 fully saturated rings. The third kappa shape index (κ3) is 5.14. The molecule has 4 nitrogen and oxygen atoms in total. The van der Waals surface area contributed by atoms with Gasteiger partial charge in [-0.05, 0) is 19.9 Å². The SMILES string of the molecule is COC(=O)N/C(C)=C/C(C)=O. The number of hydrogen-bond acceptors (Lipinski definition) is 3. The number of ketones is 1. The largest absolute Gasteiger partial charge is 0.453 e. The topological polar surface area (TPSA) is 55.4 Å². The van der Waals surface area contributed by atoms with E-state index in [1.807, 2.05) is 0 Å². The quantitative estimate of drug-likeness (QED) is 0.604. The molecule has 0 atom stereocenters. The molecule has 0 bridgehead atoms. The van der Waals surface area contributed by atoms with E-state index in [0.717, 1.165) is 0 Å². The smallest absolute Gasteiger partial charge is 0.411 e. The number of methoxy groups -OCH3 is 1. The highest BCUT2D eigenvalue weighted by Gasteiger charge is 1.98. The normalized spacial score (nSPS) is 10.6. The highest BCUT2D eigenvalue weighted by molar-refractivity contribution is 5.88. The zero-order valence-corrected chi connectivity index (χ0v) is 6.80. The fourth-order valence-corrected chi connectivity index (χ4v) is 0.553. The lowest BCUT2D eigenvalue weighted by Gasteiger charge is -2.01. The average Bonchev–Trinajstić information content (AvgIpc) is 1.85. The van der Waals surface area contributed by atoms with Gasteiger partial charge in [0.25, 0.3) is 0 Å². The van der Waals surface area contributed by atoms with E-state index in [2.05, 4.69) is 10.1 Å². The summed E-state index contributed by atoms with van der Waals surface area (Å²) in [7, 11) is 1.26. The molecular formula is C7H11NO3. The maximum atomic E-state index is 10.5. The first-order chi connectivity index (χ1) is 5.06. The van der Waals surface area contributed by atoms with Crippen LogP contribution in [0.4, 0.5) is 4.79 Å². The maximum absolute atomic E-state index is 10.5. The van der Waals surface area contributed by atoms with Crippen molar-refractivity contribution >= 4 is 11.9 Å². The number of rotatable bonds is 2. The molecule has 11 heavy (non-hydrogen) atoms. The van der Waals surface area contributed by atoms with Crippen LogP contribution in [-0.4, -0.2) is 19.0 Å². The van der Waals surface area contributed by atoms with Gasteiger partial charge in [0, 0.05) is 5.70 Å². The predicted molar refractivity (Wildman–Crippen MR) is 40.0 cm³/mol. The lowest BCUT2D eigenvalue weighted by atomic mass is 10.3. The van der Waals surface area contributed by atoms with E-state index in [1.54, 1.807) is 6.92 Å². The molecule has 0 heterocycles. The van der Waals surface area contributed by atoms with E-state index in [-0.39, 0.29) is 5.78 Å². The van der Waals surface area contributed by atoms with Crippen molar-refractivity contribution in [3.63, 3.8) is 0 Å². The van der Waals surface area contributed by atoms with Crippen molar-refractivity contribution < 1.29 is 14.3 Å². The Morgan fingerprint density at radius 2 is 1.91 bits per heavy atom. The Morgan fingerprint density at radius 1 is 1.36 bits per heavy atom. The van der Waals surface area contributed by atoms with Crippen LogP contribution in [0.25, 0.3) is 0 Å². The Hall–Kier alpha value is -1.32. The molecule has 62 valence electrons. The highest BCUT2D eigenvalue weighted by Crippen LogP contribution is 1.87. The summed E-state index contributed by atoms with van der Waals surface area (Å²) < 4.78 is 4.30. The van der Waals surface area contributed by atoms with Crippen molar-refractivity contribution in [2.45, 2.75) is 13.8 Å². The predicted octanol–water partition coefficient (Wildman–Crippen LogP) is 0.835. The van der Waals surface area contributed by atoms with E-state index in [0.29, 0.717) is 5.70 Å². The summed E-state index contributed by atoms with van der Waals surface area (Å²) in [5.74, 6) is -0.112. The van der Waals surface area contributed by atoms with Crippen molar-refractivity contribution in [3.8, 4) is 0 Å². The first-order valence-electron chi connectivity index (χ1n) is 3.10. The van der Waals surface area contributed by atoms with Crippen LogP contribution in [0.1, 0.15) is 13.8 Å². The monoisotopic (exact) mass is 157 g/mol. The fraction of sp³-hybridized carbons (Fsp3) is 0.429. The van der Waals surface area contributed by atoms with E-state index in [4.69, 9.17) is 0 Å². The van der Waals surface area contributed by atoms with Gasteiger partial charge in [0.15, 0.2) is 5.78 Å². The number of hydrogen-bond donors (Lipinski definition) is 1. The fourth-order valence-electron chi connectivity index (χ4n) is 0.553. The van der Waals surface area contributed by atoms with Gasteiger partial charge in [0.05, 0.1) is 7.11 Å². The van der Waals surface area contributed by atoms with Crippen LogP contribution in [0.3, 0.4) is 0 Å². The Kier molecular flexibility index (Phi) is 3.95. The minimum Gasteiger partial charge on any atom is -0.453 e. The number of carbonyl (C=O) groups is 2. The number of nitrogens with one attached hydrogen (secondary N) is 1. The lowest BCUT2D eigenvalue weighted by molar-refractivity contribution is -0.112. The molecule has 0 aromatic rings. The minimum atomic E-state index is -0.569. The second-order valence-corrected chi connectivity index (χ2v) is 2.05. The molecule has 0 aromatic heterocycles. The zero-order valence-electron chi connectivity index (χ0n) is 6.80. The Bertz CT molecular complexity index is 196. The second-order valence-electron chi connectivity index (χ2n) is 2.05. The summed E-state index contributed by atoms with van der Waals surface area (Å²) in [4.78, 5) is 21.0. The first-order valence-corrected chi connectivity index (χ1v) is 3.10. The van der Waals surface area contributed by atoms with Gasteiger partial charge in [0.2, 0.25) is 0 Å². The Morgan fingerprint density at radius 3 is 2.27 bits per heavy atom. The summed E-state index contributed by atoms with van der Waals surface area (Å²) in [5.41, 5.74) is 0.476. The standard InChI is InChI=1S/C7H11NO3/c1-5(4-6(2)9)8-7(10)11-3/h4H,1-3H3,(H,8,10)/b5-4+. The van der Waals surface area contributed by atoms with Crippen LogP contribution in [0.15, 0.2) is 11.8 Å². The van der Waals surface area contributed by atoms with Crippen LogP contribution in [0, 0.1) is 0 Å². The lowest BCUT2D eigenvalue weighted by Crippen LogP contribution is -2.21. The van der Waals surface area contributed by atoms with Crippen LogP contribution >= 0.6 is 0 Å². The molecule has 0 rings (SSSR count). The molecule has 0 aliphatic rings. The van der Waals surface area contributed by atoms with Crippen molar-refractivity contribution in [2.24, 2.45) is 0 Å². The highest BCUT2D eigenvalue weighted by atomic mass is 16.5. The van der Waals surface area contributed by atoms with Gasteiger partial charge in [0.1, 0.15) is 0 Å². The summed E-state index contributed by atoms with van der Waals surface area (Å²) >= 11 is 0. The summed E-state index contributed by atoms with van der Waals surface area (Å²) in [6.07, 6.45) is 0.747. The maximum Gasteiger partial charge on any atom is 0.411 e. The summed E-state index contributed by atoms with van der Waals surface area (Å²) in [6.45, 7) is 3.01. The molecule has 0 aliphatic carbocycles. The van der Waals surface area contributed by atoms with E-state index in [9.17, 15) is 9.59 Å². The second kappa shape index (κ2) is 4.49. The molecule has 0 radical (unpaired) electrons. The van der Waals surface area contributed by atoms with Crippen molar-refractivity contribution in [2.75, 3.05) is 7.11 Å². The van der Waals surface area contributed by atoms with Gasteiger partial charge in [-0.2, -0.15) is 0 Å². The van der Waals surface area contributed by atoms with Crippen LogP contribution < -0.4 is 5.32 Å². The molecule has 0 aliphatic heterocycles. The summed E-state index contributed by atoms with van der Waals surface area (Å²) in [6, 6.07) is 0. The molecule has 0 unspecified atom stereocenters. The van der Waals surface area contributed by atoms with Crippen molar-refractivity contribution in [1.82, 2.24) is 5.32 Å². The van der Waals surface area contributed by atoms with Gasteiger partial charge in [-0.15, -0.1) is 0 Å². The molecule has 1 amide bonds. The van der Waals surface area contributed by atoms with Crippen molar-refractivity contribution in [1.29, 1.82) is 0 Å². The summed E-state index contributed by atoms with van der Waals surface area (Å²) in [5, 5.41) is 2.34. The van der Waals surface area contributed by atoms with Crippen LogP contribution in [-0.2, 0) is 9.53 Å². The molecule has 0 spiro atoms. The van der Waals surface area contributed by atoms with Gasteiger partial charge in [-0.25, -0.2) is 4.79 Å². The van der Waals surface area contributed by atoms with E-state index < -0.39 is 6.09 Å². The average molecular weight is 157 g/mol. The van der Waals surface area contributed by atoms with E-state index in [1.165, 1.54) is 20.1 Å². The van der Waals surface area contributed by atoms with Crippen molar-refractivity contribution in [3.05, 3.63) is 11.8 Å². The van der Waals surface area contributed by atoms with Gasteiger partial charge >= 0.3 is 6.09 Å². The van der Waals surface area contributed by atoms with Gasteiger partial charge < -0.3 is 4.74 Å². The van der Waals surface area contributed by atoms with E-state index >= 15 is 0 Å². The molecular weight excluding hydrogens is 146 g/mol. The molecule has 0 aromatic carbocycles. The minimum absolute atomic E-state index is 0.112. The number of amides is 1. The number of carbonyl (C=O) groups excluding carboxylic acids is 2. The number of allylic oxidation sites excluding steroid dienone is 2. The molecule has 0 saturated carbocycles. The van der Waals surface area contributed by atoms with Crippen LogP contribution in [0.2, 0.25) is 0 Å². The number of alkyl carbamates (subject to hydrolysis) is 1. The Balaban J connectivity index is 3.96. The molecule has 1 N–H and O–H groups in total. The van der Waals surface area contributed by atoms with Crippen LogP contribution in [0.5, 0.6) is 0 Å².